The molecule has 0 spiro atoms. The molecule has 5 nitrogen and oxygen atoms in total. The van der Waals surface area contributed by atoms with E-state index in [2.05, 4.69) is 0 Å². The largest absolute Gasteiger partial charge is 0.494 e. The van der Waals surface area contributed by atoms with Gasteiger partial charge in [0, 0.05) is 19.6 Å². The first kappa shape index (κ1) is 12.6. The molecule has 6 heteroatoms. The minimum atomic E-state index is -0.427. The molecule has 18 heavy (non-hydrogen) atoms. The zero-order valence-electron chi connectivity index (χ0n) is 10.2. The lowest BCUT2D eigenvalue weighted by atomic mass is 10.2. The van der Waals surface area contributed by atoms with Gasteiger partial charge in [-0.25, -0.2) is 15.0 Å². The van der Waals surface area contributed by atoms with Crippen molar-refractivity contribution in [3.05, 3.63) is 29.6 Å². The molecule has 2 amide bonds. The van der Waals surface area contributed by atoms with Crippen molar-refractivity contribution >= 4 is 6.03 Å². The van der Waals surface area contributed by atoms with Crippen LogP contribution in [0.5, 0.6) is 5.75 Å². The molecule has 2 N–H and O–H groups in total. The van der Waals surface area contributed by atoms with Crippen molar-refractivity contribution in [3.8, 4) is 5.75 Å². The summed E-state index contributed by atoms with van der Waals surface area (Å²) in [5.41, 5.74) is 0.719. The number of nitrogens with two attached hydrogens (primary N) is 1. The highest BCUT2D eigenvalue weighted by atomic mass is 19.1. The van der Waals surface area contributed by atoms with Crippen LogP contribution in [0.25, 0.3) is 0 Å². The van der Waals surface area contributed by atoms with E-state index in [-0.39, 0.29) is 11.8 Å². The van der Waals surface area contributed by atoms with E-state index in [4.69, 9.17) is 10.6 Å². The van der Waals surface area contributed by atoms with Crippen LogP contribution in [0.15, 0.2) is 18.2 Å². The van der Waals surface area contributed by atoms with Gasteiger partial charge in [-0.15, -0.1) is 0 Å². The summed E-state index contributed by atoms with van der Waals surface area (Å²) in [4.78, 5) is 13.3. The fraction of sp³-hybridized carbons (Fsp3) is 0.417. The predicted octanol–water partition coefficient (Wildman–Crippen LogP) is 1.34. The van der Waals surface area contributed by atoms with Crippen molar-refractivity contribution < 1.29 is 13.9 Å². The van der Waals surface area contributed by atoms with Crippen molar-refractivity contribution in [2.45, 2.75) is 13.0 Å². The van der Waals surface area contributed by atoms with Gasteiger partial charge in [-0.2, -0.15) is 0 Å². The average Bonchev–Trinajstić information content (AvgIpc) is 2.35. The Kier molecular flexibility index (Phi) is 3.66. The number of halogens is 1. The normalized spacial score (nSPS) is 16.1. The maximum absolute atomic E-state index is 13.5. The first-order valence-electron chi connectivity index (χ1n) is 5.75. The van der Waals surface area contributed by atoms with Crippen LogP contribution in [-0.4, -0.2) is 36.1 Å². The molecule has 0 aliphatic carbocycles. The van der Waals surface area contributed by atoms with Gasteiger partial charge >= 0.3 is 6.03 Å². The van der Waals surface area contributed by atoms with E-state index in [1.807, 2.05) is 0 Å². The van der Waals surface area contributed by atoms with Crippen LogP contribution in [0.1, 0.15) is 12.0 Å². The lowest BCUT2D eigenvalue weighted by molar-refractivity contribution is 0.127. The van der Waals surface area contributed by atoms with Crippen molar-refractivity contribution in [2.75, 3.05) is 20.2 Å². The molecule has 1 aromatic carbocycles. The summed E-state index contributed by atoms with van der Waals surface area (Å²) >= 11 is 0. The molecule has 1 aliphatic rings. The Morgan fingerprint density at radius 2 is 2.22 bits per heavy atom. The average molecular weight is 253 g/mol. The Labute approximate surface area is 105 Å². The highest BCUT2D eigenvalue weighted by Crippen LogP contribution is 2.19. The van der Waals surface area contributed by atoms with Gasteiger partial charge in [0.15, 0.2) is 11.6 Å². The quantitative estimate of drug-likeness (QED) is 0.653. The van der Waals surface area contributed by atoms with Gasteiger partial charge in [-0.3, -0.25) is 5.01 Å². The fourth-order valence-electron chi connectivity index (χ4n) is 1.98. The molecule has 0 radical (unpaired) electrons. The number of carbonyl (C=O) groups excluding carboxylic acids is 1. The maximum atomic E-state index is 13.5. The smallest absolute Gasteiger partial charge is 0.334 e. The number of rotatable bonds is 3. The zero-order chi connectivity index (χ0) is 13.1. The molecule has 0 bridgehead atoms. The second-order valence-electron chi connectivity index (χ2n) is 4.22. The van der Waals surface area contributed by atoms with Crippen LogP contribution >= 0.6 is 0 Å². The molecule has 0 unspecified atom stereocenters. The number of ether oxygens (including phenoxy) is 1. The highest BCUT2D eigenvalue weighted by Gasteiger charge is 2.23. The summed E-state index contributed by atoms with van der Waals surface area (Å²) < 4.78 is 18.4. The Bertz CT molecular complexity index is 453. The Morgan fingerprint density at radius 3 is 2.89 bits per heavy atom. The van der Waals surface area contributed by atoms with Crippen molar-refractivity contribution in [3.63, 3.8) is 0 Å². The molecule has 0 atom stereocenters. The van der Waals surface area contributed by atoms with Gasteiger partial charge in [0.2, 0.25) is 0 Å². The number of hydrogen-bond acceptors (Lipinski definition) is 3. The SMILES string of the molecule is COc1ccc(CN2CCCN(N)C2=O)cc1F. The standard InChI is InChI=1S/C12H16FN3O2/c1-18-11-4-3-9(7-10(11)13)8-15-5-2-6-16(14)12(15)17/h3-4,7H,2,5-6,8,14H2,1H3. The highest BCUT2D eigenvalue weighted by molar-refractivity contribution is 5.74. The van der Waals surface area contributed by atoms with Crippen LogP contribution in [0.3, 0.4) is 0 Å². The first-order valence-corrected chi connectivity index (χ1v) is 5.75. The van der Waals surface area contributed by atoms with Gasteiger partial charge in [-0.1, -0.05) is 6.07 Å². The molecule has 1 heterocycles. The molecule has 1 aliphatic heterocycles. The summed E-state index contributed by atoms with van der Waals surface area (Å²) in [6.45, 7) is 1.56. The lowest BCUT2D eigenvalue weighted by Gasteiger charge is -2.32. The number of hydrogen-bond donors (Lipinski definition) is 1. The predicted molar refractivity (Wildman–Crippen MR) is 64.3 cm³/mol. The van der Waals surface area contributed by atoms with E-state index in [1.165, 1.54) is 18.2 Å². The summed E-state index contributed by atoms with van der Waals surface area (Å²) in [7, 11) is 1.42. The minimum absolute atomic E-state index is 0.198. The number of hydrazine groups is 1. The van der Waals surface area contributed by atoms with Crippen LogP contribution < -0.4 is 10.6 Å². The monoisotopic (exact) mass is 253 g/mol. The second kappa shape index (κ2) is 5.22. The van der Waals surface area contributed by atoms with E-state index in [9.17, 15) is 9.18 Å². The summed E-state index contributed by atoms with van der Waals surface area (Å²) in [6.07, 6.45) is 0.820. The molecule has 0 saturated carbocycles. The summed E-state index contributed by atoms with van der Waals surface area (Å²) in [6, 6.07) is 4.45. The third-order valence-electron chi connectivity index (χ3n) is 2.93. The second-order valence-corrected chi connectivity index (χ2v) is 4.22. The Morgan fingerprint density at radius 1 is 1.44 bits per heavy atom. The van der Waals surface area contributed by atoms with Gasteiger partial charge in [0.05, 0.1) is 7.11 Å². The number of nitrogens with zero attached hydrogens (tertiary/aromatic N) is 2. The van der Waals surface area contributed by atoms with Crippen molar-refractivity contribution in [1.82, 2.24) is 9.91 Å². The van der Waals surface area contributed by atoms with E-state index in [1.54, 1.807) is 17.0 Å². The number of amides is 2. The van der Waals surface area contributed by atoms with E-state index in [0.717, 1.165) is 12.0 Å². The summed E-state index contributed by atoms with van der Waals surface area (Å²) in [5.74, 6) is 5.32. The van der Waals surface area contributed by atoms with Crippen LogP contribution in [0, 0.1) is 5.82 Å². The molecular weight excluding hydrogens is 237 g/mol. The van der Waals surface area contributed by atoms with Gasteiger partial charge < -0.3 is 9.64 Å². The molecule has 2 rings (SSSR count). The van der Waals surface area contributed by atoms with Gasteiger partial charge in [0.25, 0.3) is 0 Å². The first-order chi connectivity index (χ1) is 8.61. The van der Waals surface area contributed by atoms with Crippen molar-refractivity contribution in [2.24, 2.45) is 5.84 Å². The topological polar surface area (TPSA) is 58.8 Å². The third kappa shape index (κ3) is 2.53. The Hall–Kier alpha value is -1.82. The number of urea groups is 1. The lowest BCUT2D eigenvalue weighted by Crippen LogP contribution is -2.52. The molecule has 1 aromatic rings. The van der Waals surface area contributed by atoms with E-state index in [0.29, 0.717) is 19.6 Å². The zero-order valence-corrected chi connectivity index (χ0v) is 10.2. The van der Waals surface area contributed by atoms with Gasteiger partial charge in [-0.05, 0) is 24.1 Å². The third-order valence-corrected chi connectivity index (χ3v) is 2.93. The molecule has 98 valence electrons. The van der Waals surface area contributed by atoms with Crippen LogP contribution in [0.4, 0.5) is 9.18 Å². The molecule has 1 saturated heterocycles. The number of carbonyl (C=O) groups is 1. The molecular formula is C12H16FN3O2. The minimum Gasteiger partial charge on any atom is -0.494 e. The van der Waals surface area contributed by atoms with Crippen LogP contribution in [0.2, 0.25) is 0 Å². The van der Waals surface area contributed by atoms with E-state index >= 15 is 0 Å². The molecule has 0 aromatic heterocycles. The number of methoxy groups -OCH3 is 1. The fourth-order valence-corrected chi connectivity index (χ4v) is 1.98. The van der Waals surface area contributed by atoms with E-state index < -0.39 is 5.82 Å². The Balaban J connectivity index is 2.09. The molecule has 1 fully saturated rings. The number of benzene rings is 1. The van der Waals surface area contributed by atoms with Crippen LogP contribution in [-0.2, 0) is 6.54 Å². The van der Waals surface area contributed by atoms with Crippen molar-refractivity contribution in [1.29, 1.82) is 0 Å². The summed E-state index contributed by atoms with van der Waals surface area (Å²) in [5, 5.41) is 1.18. The maximum Gasteiger partial charge on any atom is 0.334 e. The van der Waals surface area contributed by atoms with Gasteiger partial charge in [0.1, 0.15) is 0 Å².